The zero-order valence-electron chi connectivity index (χ0n) is 21.7. The van der Waals surface area contributed by atoms with E-state index >= 15 is 0 Å². The molecule has 0 spiro atoms. The second-order valence-electron chi connectivity index (χ2n) is 9.94. The quantitative estimate of drug-likeness (QED) is 0.317. The van der Waals surface area contributed by atoms with Gasteiger partial charge in [-0.25, -0.2) is 0 Å². The smallest absolute Gasteiger partial charge is 0.264 e. The lowest BCUT2D eigenvalue weighted by molar-refractivity contribution is -0.130. The molecule has 0 radical (unpaired) electrons. The van der Waals surface area contributed by atoms with Gasteiger partial charge in [-0.15, -0.1) is 0 Å². The number of ketones is 1. The van der Waals surface area contributed by atoms with E-state index in [-0.39, 0.29) is 30.1 Å². The van der Waals surface area contributed by atoms with Crippen LogP contribution in [0.4, 0.5) is 0 Å². The molecule has 1 unspecified atom stereocenters. The van der Waals surface area contributed by atoms with E-state index in [1.807, 2.05) is 79.7 Å². The lowest BCUT2D eigenvalue weighted by Gasteiger charge is -2.29. The Bertz CT molecular complexity index is 1210. The Hall–Kier alpha value is -3.73. The lowest BCUT2D eigenvalue weighted by Crippen LogP contribution is -2.45. The fourth-order valence-electron chi connectivity index (χ4n) is 5.51. The van der Waals surface area contributed by atoms with Crippen molar-refractivity contribution in [3.63, 3.8) is 0 Å². The average molecular weight is 496 g/mol. The molecule has 1 amide bonds. The summed E-state index contributed by atoms with van der Waals surface area (Å²) in [6, 6.07) is 17.0. The average Bonchev–Trinajstić information content (AvgIpc) is 3.15. The number of guanidine groups is 1. The molecule has 192 valence electrons. The maximum absolute atomic E-state index is 14.1. The van der Waals surface area contributed by atoms with Crippen LogP contribution < -0.4 is 5.32 Å². The van der Waals surface area contributed by atoms with Crippen molar-refractivity contribution in [3.8, 4) is 0 Å². The Morgan fingerprint density at radius 2 is 1.78 bits per heavy atom. The minimum absolute atomic E-state index is 0.0267. The molecule has 1 aliphatic heterocycles. The number of allylic oxidation sites excluding steroid dienone is 3. The first-order valence-electron chi connectivity index (χ1n) is 13.3. The molecule has 5 nitrogen and oxygen atoms in total. The summed E-state index contributed by atoms with van der Waals surface area (Å²) < 4.78 is 0. The number of benzene rings is 2. The van der Waals surface area contributed by atoms with Gasteiger partial charge in [-0.2, -0.15) is 0 Å². The Morgan fingerprint density at radius 3 is 2.46 bits per heavy atom. The summed E-state index contributed by atoms with van der Waals surface area (Å²) in [6.07, 6.45) is 15.1. The van der Waals surface area contributed by atoms with Crippen molar-refractivity contribution < 1.29 is 9.59 Å². The van der Waals surface area contributed by atoms with E-state index in [1.165, 1.54) is 24.2 Å². The van der Waals surface area contributed by atoms with E-state index < -0.39 is 5.54 Å². The molecule has 5 heteroatoms. The van der Waals surface area contributed by atoms with Crippen molar-refractivity contribution in [2.24, 2.45) is 5.92 Å². The normalized spacial score (nSPS) is 21.5. The predicted molar refractivity (Wildman–Crippen MR) is 149 cm³/mol. The first-order chi connectivity index (χ1) is 18.0. The van der Waals surface area contributed by atoms with Gasteiger partial charge in [0.15, 0.2) is 17.3 Å². The minimum Gasteiger partial charge on any atom is -0.334 e. The number of amides is 1. The van der Waals surface area contributed by atoms with Gasteiger partial charge in [0.1, 0.15) is 0 Å². The molecule has 2 aromatic rings. The molecule has 4 rings (SSSR count). The molecular weight excluding hydrogens is 458 g/mol. The maximum Gasteiger partial charge on any atom is 0.264 e. The number of nitrogens with one attached hydrogen (secondary N) is 2. The molecule has 1 heterocycles. The van der Waals surface area contributed by atoms with Crippen LogP contribution in [0.3, 0.4) is 0 Å². The highest BCUT2D eigenvalue weighted by atomic mass is 16.2. The Kier molecular flexibility index (Phi) is 8.54. The second-order valence-corrected chi connectivity index (χ2v) is 9.94. The number of hydrogen-bond donors (Lipinski definition) is 2. The molecule has 2 aromatic carbocycles. The fraction of sp³-hybridized carbons (Fsp3) is 0.344. The third-order valence-corrected chi connectivity index (χ3v) is 7.50. The standard InChI is InChI=1S/C32H37N3O2/c1-3-5-19-27(4-2)32(28-20-12-9-13-21-28)30(37)35(31(33)34-32)23-24-15-14-18-26(22-24)29(36)25-16-10-7-6-8-11-17-25/h3-5,9,12-15,18-22,25H,2,6-8,10-11,16-17,23H2,1H3,(H2,33,34)/b5-3-,27-19+. The molecule has 1 atom stereocenters. The van der Waals surface area contributed by atoms with Crippen LogP contribution in [0.2, 0.25) is 0 Å². The number of carbonyl (C=O) groups excluding carboxylic acids is 2. The molecule has 1 saturated heterocycles. The summed E-state index contributed by atoms with van der Waals surface area (Å²) in [5.41, 5.74) is 1.70. The van der Waals surface area contributed by atoms with Gasteiger partial charge >= 0.3 is 0 Å². The zero-order chi connectivity index (χ0) is 26.3. The van der Waals surface area contributed by atoms with Crippen LogP contribution in [-0.2, 0) is 16.9 Å². The van der Waals surface area contributed by atoms with Crippen LogP contribution in [-0.4, -0.2) is 22.5 Å². The summed E-state index contributed by atoms with van der Waals surface area (Å²) >= 11 is 0. The predicted octanol–water partition coefficient (Wildman–Crippen LogP) is 6.68. The molecular formula is C32H37N3O2. The van der Waals surface area contributed by atoms with Crippen molar-refractivity contribution in [1.29, 1.82) is 5.41 Å². The van der Waals surface area contributed by atoms with E-state index in [0.717, 1.165) is 36.8 Å². The van der Waals surface area contributed by atoms with Crippen LogP contribution in [0.5, 0.6) is 0 Å². The number of nitrogens with zero attached hydrogens (tertiary/aromatic N) is 1. The minimum atomic E-state index is -1.24. The maximum atomic E-state index is 14.1. The Morgan fingerprint density at radius 1 is 1.08 bits per heavy atom. The third-order valence-electron chi connectivity index (χ3n) is 7.50. The van der Waals surface area contributed by atoms with Gasteiger partial charge in [0, 0.05) is 11.5 Å². The number of carbonyl (C=O) groups is 2. The van der Waals surface area contributed by atoms with E-state index in [1.54, 1.807) is 6.08 Å². The van der Waals surface area contributed by atoms with Crippen LogP contribution in [0.1, 0.15) is 73.4 Å². The van der Waals surface area contributed by atoms with E-state index in [2.05, 4.69) is 11.9 Å². The Balaban J connectivity index is 1.63. The SMILES string of the molecule is C=C/C(=C\C=C/C)C1(c2ccccc2)NC(=N)N(Cc2cccc(C(=O)C3CCCCCCC3)c2)C1=O. The van der Waals surface area contributed by atoms with Gasteiger partial charge in [-0.3, -0.25) is 19.9 Å². The highest BCUT2D eigenvalue weighted by molar-refractivity contribution is 6.10. The molecule has 0 aromatic heterocycles. The number of hydrogen-bond acceptors (Lipinski definition) is 3. The van der Waals surface area contributed by atoms with Crippen molar-refractivity contribution in [2.45, 2.75) is 64.0 Å². The molecule has 2 fully saturated rings. The summed E-state index contributed by atoms with van der Waals surface area (Å²) in [6.45, 7) is 6.08. The molecule has 1 aliphatic carbocycles. The molecule has 37 heavy (non-hydrogen) atoms. The summed E-state index contributed by atoms with van der Waals surface area (Å²) in [7, 11) is 0. The van der Waals surface area contributed by atoms with Crippen LogP contribution in [0.15, 0.2) is 91.1 Å². The van der Waals surface area contributed by atoms with Crippen molar-refractivity contribution in [2.75, 3.05) is 0 Å². The van der Waals surface area contributed by atoms with Crippen molar-refractivity contribution in [3.05, 3.63) is 108 Å². The number of Topliss-reactive ketones (excluding diaryl/α,β-unsaturated/α-hetero) is 1. The largest absolute Gasteiger partial charge is 0.334 e. The summed E-state index contributed by atoms with van der Waals surface area (Å²) in [5, 5.41) is 11.9. The summed E-state index contributed by atoms with van der Waals surface area (Å²) in [5.74, 6) is 0.0584. The Labute approximate surface area is 220 Å². The topological polar surface area (TPSA) is 73.3 Å². The highest BCUT2D eigenvalue weighted by Crippen LogP contribution is 2.37. The third kappa shape index (κ3) is 5.51. The second kappa shape index (κ2) is 12.0. The zero-order valence-corrected chi connectivity index (χ0v) is 21.7. The first kappa shape index (κ1) is 26.3. The van der Waals surface area contributed by atoms with Crippen LogP contribution in [0.25, 0.3) is 0 Å². The number of rotatable bonds is 8. The van der Waals surface area contributed by atoms with Crippen LogP contribution >= 0.6 is 0 Å². The molecule has 1 saturated carbocycles. The van der Waals surface area contributed by atoms with Crippen molar-refractivity contribution >= 4 is 17.6 Å². The van der Waals surface area contributed by atoms with Gasteiger partial charge in [-0.1, -0.05) is 112 Å². The lowest BCUT2D eigenvalue weighted by atomic mass is 9.81. The molecule has 2 aliphatic rings. The van der Waals surface area contributed by atoms with Gasteiger partial charge in [-0.05, 0) is 42.5 Å². The van der Waals surface area contributed by atoms with Crippen molar-refractivity contribution in [1.82, 2.24) is 10.2 Å². The summed E-state index contributed by atoms with van der Waals surface area (Å²) in [4.78, 5) is 28.9. The van der Waals surface area contributed by atoms with Gasteiger partial charge < -0.3 is 5.32 Å². The fourth-order valence-corrected chi connectivity index (χ4v) is 5.51. The van der Waals surface area contributed by atoms with E-state index in [9.17, 15) is 9.59 Å². The molecule has 0 bridgehead atoms. The first-order valence-corrected chi connectivity index (χ1v) is 13.3. The van der Waals surface area contributed by atoms with E-state index in [0.29, 0.717) is 11.1 Å². The monoisotopic (exact) mass is 495 g/mol. The van der Waals surface area contributed by atoms with Gasteiger partial charge in [0.2, 0.25) is 0 Å². The van der Waals surface area contributed by atoms with Gasteiger partial charge in [0.05, 0.1) is 6.54 Å². The van der Waals surface area contributed by atoms with Crippen LogP contribution in [0, 0.1) is 11.3 Å². The molecule has 2 N–H and O–H groups in total. The highest BCUT2D eigenvalue weighted by Gasteiger charge is 2.52. The van der Waals surface area contributed by atoms with Gasteiger partial charge in [0.25, 0.3) is 5.91 Å². The van der Waals surface area contributed by atoms with E-state index in [4.69, 9.17) is 5.41 Å².